The van der Waals surface area contributed by atoms with Crippen molar-refractivity contribution in [2.75, 3.05) is 18.5 Å². The molecule has 0 aliphatic carbocycles. The monoisotopic (exact) mass is 668 g/mol. The number of aliphatic carboxylic acids is 1. The Hall–Kier alpha value is -3.52. The molecule has 18 heteroatoms. The highest BCUT2D eigenvalue weighted by atomic mass is 16.5. The molecule has 264 valence electrons. The quantitative estimate of drug-likeness (QED) is 0.0530. The van der Waals surface area contributed by atoms with Gasteiger partial charge in [-0.15, -0.1) is 0 Å². The van der Waals surface area contributed by atoms with Crippen LogP contribution in [-0.4, -0.2) is 130 Å². The third-order valence-electron chi connectivity index (χ3n) is 7.99. The molecule has 2 amide bonds. The van der Waals surface area contributed by atoms with Crippen LogP contribution in [0.4, 0.5) is 5.82 Å². The molecule has 0 bridgehead atoms. The van der Waals surface area contributed by atoms with Gasteiger partial charge in [0, 0.05) is 6.42 Å². The van der Waals surface area contributed by atoms with Gasteiger partial charge in [-0.3, -0.25) is 19.7 Å². The highest BCUT2D eigenvalue weighted by molar-refractivity contribution is 5.88. The first kappa shape index (κ1) is 37.9. The minimum atomic E-state index is -1.80. The van der Waals surface area contributed by atoms with Gasteiger partial charge in [-0.25, -0.2) is 15.0 Å². The van der Waals surface area contributed by atoms with Gasteiger partial charge in [0.15, 0.2) is 23.9 Å². The van der Waals surface area contributed by atoms with Crippen LogP contribution in [0.25, 0.3) is 11.2 Å². The van der Waals surface area contributed by atoms with E-state index in [1.807, 2.05) is 0 Å². The number of hydrogen-bond acceptors (Lipinski definition) is 14. The number of ether oxygens (including phenoxy) is 1. The van der Waals surface area contributed by atoms with E-state index in [2.05, 4.69) is 48.1 Å². The van der Waals surface area contributed by atoms with Crippen molar-refractivity contribution in [2.45, 2.75) is 120 Å². The van der Waals surface area contributed by atoms with Gasteiger partial charge >= 0.3 is 5.97 Å². The second kappa shape index (κ2) is 19.3. The number of hydrogen-bond donors (Lipinski definition) is 11. The molecule has 0 saturated carbocycles. The molecule has 2 aromatic heterocycles. The van der Waals surface area contributed by atoms with E-state index in [-0.39, 0.29) is 12.2 Å². The van der Waals surface area contributed by atoms with Gasteiger partial charge < -0.3 is 56.3 Å². The SMILES string of the molecule is CCCCCCCCCCCC(=O)NC(N[C@@H](CO)C(=O)O)C(=O)N[C@@H]1[C@@H](O)[C@@H](O)[C@@H](Nc2ncnc3nc[nH]c23)O[C@H]1[C@@H](O)CO. The Balaban J connectivity index is 1.67. The van der Waals surface area contributed by atoms with E-state index in [9.17, 15) is 45.0 Å². The van der Waals surface area contributed by atoms with Crippen LogP contribution in [0.5, 0.6) is 0 Å². The van der Waals surface area contributed by atoms with E-state index in [4.69, 9.17) is 4.74 Å². The third kappa shape index (κ3) is 11.0. The first-order chi connectivity index (χ1) is 22.6. The first-order valence-electron chi connectivity index (χ1n) is 16.0. The average molecular weight is 669 g/mol. The minimum absolute atomic E-state index is 0.0535. The van der Waals surface area contributed by atoms with E-state index >= 15 is 0 Å². The Kier molecular flexibility index (Phi) is 15.6. The lowest BCUT2D eigenvalue weighted by molar-refractivity contribution is -0.204. The zero-order valence-electron chi connectivity index (χ0n) is 26.4. The second-order valence-corrected chi connectivity index (χ2v) is 11.6. The van der Waals surface area contributed by atoms with Crippen molar-refractivity contribution in [3.63, 3.8) is 0 Å². The maximum atomic E-state index is 13.4. The fourth-order valence-corrected chi connectivity index (χ4v) is 5.31. The predicted molar refractivity (Wildman–Crippen MR) is 166 cm³/mol. The summed E-state index contributed by atoms with van der Waals surface area (Å²) in [5.41, 5.74) is 0.655. The van der Waals surface area contributed by atoms with Gasteiger partial charge in [-0.05, 0) is 6.42 Å². The number of H-pyrrole nitrogens is 1. The van der Waals surface area contributed by atoms with Crippen LogP contribution >= 0.6 is 0 Å². The second-order valence-electron chi connectivity index (χ2n) is 11.6. The summed E-state index contributed by atoms with van der Waals surface area (Å²) in [7, 11) is 0. The zero-order chi connectivity index (χ0) is 34.3. The van der Waals surface area contributed by atoms with Gasteiger partial charge in [0.25, 0.3) is 5.91 Å². The van der Waals surface area contributed by atoms with E-state index in [1.165, 1.54) is 38.3 Å². The lowest BCUT2D eigenvalue weighted by Gasteiger charge is -2.45. The lowest BCUT2D eigenvalue weighted by Crippen LogP contribution is -2.70. The number of carbonyl (C=O) groups is 3. The number of aliphatic hydroxyl groups excluding tert-OH is 5. The molecule has 1 aliphatic heterocycles. The van der Waals surface area contributed by atoms with Crippen molar-refractivity contribution < 1.29 is 49.8 Å². The van der Waals surface area contributed by atoms with E-state index < -0.39 is 79.9 Å². The van der Waals surface area contributed by atoms with Crippen LogP contribution in [-0.2, 0) is 19.1 Å². The summed E-state index contributed by atoms with van der Waals surface area (Å²) < 4.78 is 5.80. The Morgan fingerprint density at radius 1 is 0.957 bits per heavy atom. The largest absolute Gasteiger partial charge is 0.480 e. The molecule has 1 unspecified atom stereocenters. The summed E-state index contributed by atoms with van der Waals surface area (Å²) in [6, 6.07) is -3.19. The number of rotatable bonds is 21. The molecule has 1 saturated heterocycles. The molecule has 0 radical (unpaired) electrons. The standard InChI is InChI=1S/C29H48N8O10/c1-2-3-4-5-6-7-8-9-10-11-18(41)35-26(34-16(12-38)29(45)46)27(44)36-19-21(42)22(43)28(47-23(19)17(40)13-39)37-25-20-24(31-14-30-20)32-15-33-25/h14-17,19,21-23,26,28,34,38-40,42-43H,2-13H2,1H3,(H,35,41)(H,36,44)(H,45,46)(H2,30,31,32,33,37)/t16-,17-,19+,21+,22+,23-,26?,28-/m0/s1. The number of amides is 2. The highest BCUT2D eigenvalue weighted by Gasteiger charge is 2.48. The average Bonchev–Trinajstić information content (AvgIpc) is 3.55. The van der Waals surface area contributed by atoms with Crippen LogP contribution in [0.1, 0.15) is 71.1 Å². The van der Waals surface area contributed by atoms with Crippen molar-refractivity contribution in [1.82, 2.24) is 35.9 Å². The van der Waals surface area contributed by atoms with E-state index in [0.29, 0.717) is 17.6 Å². The van der Waals surface area contributed by atoms with Crippen LogP contribution < -0.4 is 21.3 Å². The first-order valence-corrected chi connectivity index (χ1v) is 16.0. The summed E-state index contributed by atoms with van der Waals surface area (Å²) >= 11 is 0. The van der Waals surface area contributed by atoms with Crippen LogP contribution in [0.3, 0.4) is 0 Å². The molecule has 3 rings (SSSR count). The molecule has 1 aliphatic rings. The topological polar surface area (TPSA) is 284 Å². The maximum absolute atomic E-state index is 13.4. The van der Waals surface area contributed by atoms with Crippen molar-refractivity contribution in [3.8, 4) is 0 Å². The Labute approximate surface area is 271 Å². The van der Waals surface area contributed by atoms with Gasteiger partial charge in [0.1, 0.15) is 42.3 Å². The number of imidazole rings is 1. The smallest absolute Gasteiger partial charge is 0.323 e. The Morgan fingerprint density at radius 2 is 1.64 bits per heavy atom. The summed E-state index contributed by atoms with van der Waals surface area (Å²) in [5.74, 6) is -2.96. The van der Waals surface area contributed by atoms with Gasteiger partial charge in [0.2, 0.25) is 5.91 Å². The number of carboxylic acids is 1. The normalized spacial score (nSPS) is 23.1. The number of aliphatic hydroxyl groups is 5. The number of nitrogens with one attached hydrogen (secondary N) is 5. The molecule has 3 heterocycles. The Morgan fingerprint density at radius 3 is 2.28 bits per heavy atom. The number of aromatic nitrogens is 4. The zero-order valence-corrected chi connectivity index (χ0v) is 26.4. The molecular formula is C29H48N8O10. The summed E-state index contributed by atoms with van der Waals surface area (Å²) in [4.78, 5) is 52.7. The summed E-state index contributed by atoms with van der Waals surface area (Å²) in [5, 5.41) is 71.2. The fourth-order valence-electron chi connectivity index (χ4n) is 5.31. The molecule has 47 heavy (non-hydrogen) atoms. The predicted octanol–water partition coefficient (Wildman–Crippen LogP) is -1.55. The van der Waals surface area contributed by atoms with Gasteiger partial charge in [-0.1, -0.05) is 58.3 Å². The van der Waals surface area contributed by atoms with Crippen molar-refractivity contribution in [3.05, 3.63) is 12.7 Å². The molecule has 0 aromatic carbocycles. The molecule has 0 spiro atoms. The van der Waals surface area contributed by atoms with Crippen molar-refractivity contribution in [1.29, 1.82) is 0 Å². The Bertz CT molecular complexity index is 1270. The van der Waals surface area contributed by atoms with E-state index in [0.717, 1.165) is 25.7 Å². The molecule has 8 atom stereocenters. The number of nitrogens with zero attached hydrogens (tertiary/aromatic N) is 3. The molecule has 2 aromatic rings. The van der Waals surface area contributed by atoms with Crippen LogP contribution in [0.2, 0.25) is 0 Å². The van der Waals surface area contributed by atoms with Crippen molar-refractivity contribution in [2.24, 2.45) is 0 Å². The number of aromatic amines is 1. The minimum Gasteiger partial charge on any atom is -0.480 e. The number of carbonyl (C=O) groups excluding carboxylic acids is 2. The molecule has 11 N–H and O–H groups in total. The number of unbranched alkanes of at least 4 members (excludes halogenated alkanes) is 8. The lowest BCUT2D eigenvalue weighted by atomic mass is 9.92. The number of fused-ring (bicyclic) bond motifs is 1. The highest BCUT2D eigenvalue weighted by Crippen LogP contribution is 2.26. The van der Waals surface area contributed by atoms with E-state index in [1.54, 1.807) is 0 Å². The maximum Gasteiger partial charge on any atom is 0.323 e. The summed E-state index contributed by atoms with van der Waals surface area (Å²) in [6.07, 6.45) is 2.04. The van der Waals surface area contributed by atoms with Crippen LogP contribution in [0.15, 0.2) is 12.7 Å². The molecule has 1 fully saturated rings. The van der Waals surface area contributed by atoms with Gasteiger partial charge in [-0.2, -0.15) is 0 Å². The molecular weight excluding hydrogens is 620 g/mol. The third-order valence-corrected chi connectivity index (χ3v) is 7.99. The number of anilines is 1. The summed E-state index contributed by atoms with van der Waals surface area (Å²) in [6.45, 7) is 0.396. The molecule has 18 nitrogen and oxygen atoms in total. The van der Waals surface area contributed by atoms with Crippen molar-refractivity contribution >= 4 is 34.8 Å². The fraction of sp³-hybridized carbons (Fsp3) is 0.724. The van der Waals surface area contributed by atoms with Crippen LogP contribution in [0, 0.1) is 0 Å². The number of carboxylic acid groups (broad SMARTS) is 1. The van der Waals surface area contributed by atoms with Gasteiger partial charge in [0.05, 0.1) is 25.6 Å².